The second-order valence-electron chi connectivity index (χ2n) is 3.75. The van der Waals surface area contributed by atoms with Crippen LogP contribution >= 0.6 is 15.9 Å². The second-order valence-corrected chi connectivity index (χ2v) is 4.60. The molecule has 1 aromatic carbocycles. The van der Waals surface area contributed by atoms with Gasteiger partial charge in [-0.1, -0.05) is 0 Å². The van der Waals surface area contributed by atoms with Crippen molar-refractivity contribution in [2.24, 2.45) is 0 Å². The van der Waals surface area contributed by atoms with E-state index in [0.29, 0.717) is 10.2 Å². The number of carbonyl (C=O) groups is 1. The van der Waals surface area contributed by atoms with Gasteiger partial charge in [0.05, 0.1) is 18.1 Å². The third-order valence-corrected chi connectivity index (χ3v) is 2.79. The van der Waals surface area contributed by atoms with Crippen LogP contribution < -0.4 is 5.32 Å². The summed E-state index contributed by atoms with van der Waals surface area (Å²) >= 11 is 3.04. The van der Waals surface area contributed by atoms with E-state index in [2.05, 4.69) is 26.0 Å². The van der Waals surface area contributed by atoms with E-state index in [1.54, 1.807) is 0 Å². The van der Waals surface area contributed by atoms with Gasteiger partial charge < -0.3 is 15.2 Å². The van der Waals surface area contributed by atoms with Crippen molar-refractivity contribution in [2.45, 2.75) is 12.5 Å². The Bertz CT molecular complexity index is 423. The number of rotatable bonds is 4. The fraction of sp³-hybridized carbons (Fsp3) is 0.364. The molecule has 0 aliphatic carbocycles. The second kappa shape index (κ2) is 5.46. The van der Waals surface area contributed by atoms with Crippen molar-refractivity contribution in [3.05, 3.63) is 28.5 Å². The van der Waals surface area contributed by atoms with Crippen molar-refractivity contribution >= 4 is 27.6 Å². The van der Waals surface area contributed by atoms with E-state index >= 15 is 0 Å². The minimum Gasteiger partial charge on any atom is -0.467 e. The van der Waals surface area contributed by atoms with E-state index in [4.69, 9.17) is 0 Å². The summed E-state index contributed by atoms with van der Waals surface area (Å²) in [4.78, 5) is 11.2. The van der Waals surface area contributed by atoms with Gasteiger partial charge >= 0.3 is 5.97 Å². The highest BCUT2D eigenvalue weighted by atomic mass is 79.9. The number of anilines is 1. The standard InChI is InChI=1S/C11H13BrFNO3/c1-11(16,10(15)17-2)6-14-7-3-4-9(13)8(12)5-7/h3-5,14,16H,6H2,1-2H3. The van der Waals surface area contributed by atoms with Crippen molar-refractivity contribution < 1.29 is 19.0 Å². The van der Waals surface area contributed by atoms with Gasteiger partial charge in [-0.15, -0.1) is 0 Å². The zero-order valence-electron chi connectivity index (χ0n) is 9.46. The monoisotopic (exact) mass is 305 g/mol. The molecule has 0 heterocycles. The number of carbonyl (C=O) groups excluding carboxylic acids is 1. The van der Waals surface area contributed by atoms with Crippen LogP contribution in [-0.2, 0) is 9.53 Å². The molecule has 2 N–H and O–H groups in total. The van der Waals surface area contributed by atoms with Crippen LogP contribution in [0.25, 0.3) is 0 Å². The normalized spacial score (nSPS) is 13.9. The third kappa shape index (κ3) is 3.67. The Labute approximate surface area is 107 Å². The van der Waals surface area contributed by atoms with E-state index in [1.807, 2.05) is 0 Å². The molecule has 1 atom stereocenters. The molecule has 0 aliphatic rings. The van der Waals surface area contributed by atoms with E-state index in [-0.39, 0.29) is 12.4 Å². The molecule has 1 rings (SSSR count). The van der Waals surface area contributed by atoms with Crippen molar-refractivity contribution in [1.29, 1.82) is 0 Å². The molecular formula is C11H13BrFNO3. The molecule has 1 aromatic rings. The fourth-order valence-corrected chi connectivity index (χ4v) is 1.55. The number of hydrogen-bond acceptors (Lipinski definition) is 4. The van der Waals surface area contributed by atoms with Crippen molar-refractivity contribution in [2.75, 3.05) is 19.0 Å². The highest BCUT2D eigenvalue weighted by Gasteiger charge is 2.31. The summed E-state index contributed by atoms with van der Waals surface area (Å²) < 4.78 is 17.7. The lowest BCUT2D eigenvalue weighted by atomic mass is 10.1. The van der Waals surface area contributed by atoms with Crippen LogP contribution in [0.5, 0.6) is 0 Å². The molecule has 4 nitrogen and oxygen atoms in total. The van der Waals surface area contributed by atoms with Gasteiger partial charge in [0.1, 0.15) is 5.82 Å². The fourth-order valence-electron chi connectivity index (χ4n) is 1.17. The quantitative estimate of drug-likeness (QED) is 0.835. The number of aliphatic hydroxyl groups is 1. The Hall–Kier alpha value is -1.14. The summed E-state index contributed by atoms with van der Waals surface area (Å²) in [5.74, 6) is -1.11. The zero-order valence-corrected chi connectivity index (χ0v) is 11.0. The molecule has 0 amide bonds. The van der Waals surface area contributed by atoms with Crippen LogP contribution in [0.2, 0.25) is 0 Å². The Balaban J connectivity index is 2.67. The van der Waals surface area contributed by atoms with Crippen LogP contribution in [-0.4, -0.2) is 30.3 Å². The van der Waals surface area contributed by atoms with E-state index in [9.17, 15) is 14.3 Å². The highest BCUT2D eigenvalue weighted by molar-refractivity contribution is 9.10. The van der Waals surface area contributed by atoms with E-state index in [1.165, 1.54) is 32.2 Å². The molecule has 0 radical (unpaired) electrons. The van der Waals surface area contributed by atoms with Crippen LogP contribution in [0.3, 0.4) is 0 Å². The van der Waals surface area contributed by atoms with Crippen LogP contribution in [0.1, 0.15) is 6.92 Å². The molecule has 94 valence electrons. The number of benzene rings is 1. The largest absolute Gasteiger partial charge is 0.467 e. The average Bonchev–Trinajstić information content (AvgIpc) is 2.29. The number of halogens is 2. The maximum atomic E-state index is 13.0. The summed E-state index contributed by atoms with van der Waals surface area (Å²) in [6, 6.07) is 4.30. The third-order valence-electron chi connectivity index (χ3n) is 2.18. The van der Waals surface area contributed by atoms with Gasteiger partial charge in [-0.05, 0) is 41.1 Å². The molecule has 1 unspecified atom stereocenters. The van der Waals surface area contributed by atoms with Crippen molar-refractivity contribution in [3.63, 3.8) is 0 Å². The zero-order chi connectivity index (χ0) is 13.1. The SMILES string of the molecule is COC(=O)C(C)(O)CNc1ccc(F)c(Br)c1. The first-order chi connectivity index (χ1) is 7.86. The summed E-state index contributed by atoms with van der Waals surface area (Å²) in [7, 11) is 1.20. The Morgan fingerprint density at radius 3 is 2.82 bits per heavy atom. The van der Waals surface area contributed by atoms with Crippen LogP contribution in [0, 0.1) is 5.82 Å². The number of methoxy groups -OCH3 is 1. The lowest BCUT2D eigenvalue weighted by Crippen LogP contribution is -2.42. The maximum absolute atomic E-state index is 13.0. The maximum Gasteiger partial charge on any atom is 0.339 e. The predicted octanol–water partition coefficient (Wildman–Crippen LogP) is 1.92. The topological polar surface area (TPSA) is 58.6 Å². The summed E-state index contributed by atoms with van der Waals surface area (Å²) in [6.45, 7) is 1.31. The molecule has 0 fully saturated rings. The number of esters is 1. The lowest BCUT2D eigenvalue weighted by molar-refractivity contribution is -0.158. The van der Waals surface area contributed by atoms with Gasteiger partial charge in [0.2, 0.25) is 0 Å². The Morgan fingerprint density at radius 2 is 2.29 bits per heavy atom. The van der Waals surface area contributed by atoms with E-state index in [0.717, 1.165) is 0 Å². The van der Waals surface area contributed by atoms with Gasteiger partial charge in [0.25, 0.3) is 0 Å². The lowest BCUT2D eigenvalue weighted by Gasteiger charge is -2.21. The number of hydrogen-bond donors (Lipinski definition) is 2. The number of ether oxygens (including phenoxy) is 1. The van der Waals surface area contributed by atoms with Crippen LogP contribution in [0.15, 0.2) is 22.7 Å². The van der Waals surface area contributed by atoms with Crippen LogP contribution in [0.4, 0.5) is 10.1 Å². The molecule has 0 aliphatic heterocycles. The Morgan fingerprint density at radius 1 is 1.65 bits per heavy atom. The molecule has 17 heavy (non-hydrogen) atoms. The van der Waals surface area contributed by atoms with Gasteiger partial charge in [-0.3, -0.25) is 0 Å². The molecular weight excluding hydrogens is 293 g/mol. The first kappa shape index (κ1) is 13.9. The number of nitrogens with one attached hydrogen (secondary N) is 1. The molecule has 0 bridgehead atoms. The van der Waals surface area contributed by atoms with Gasteiger partial charge in [-0.25, -0.2) is 9.18 Å². The molecule has 0 saturated carbocycles. The first-order valence-corrected chi connectivity index (χ1v) is 5.66. The van der Waals surface area contributed by atoms with Crippen molar-refractivity contribution in [3.8, 4) is 0 Å². The summed E-state index contributed by atoms with van der Waals surface area (Å²) in [5, 5.41) is 12.6. The molecule has 0 saturated heterocycles. The minimum absolute atomic E-state index is 0.0300. The van der Waals surface area contributed by atoms with Gasteiger partial charge in [0.15, 0.2) is 5.60 Å². The van der Waals surface area contributed by atoms with Crippen molar-refractivity contribution in [1.82, 2.24) is 0 Å². The predicted molar refractivity (Wildman–Crippen MR) is 65.2 cm³/mol. The summed E-state index contributed by atoms with van der Waals surface area (Å²) in [5.41, 5.74) is -1.04. The summed E-state index contributed by atoms with van der Waals surface area (Å²) in [6.07, 6.45) is 0. The average molecular weight is 306 g/mol. The molecule has 0 spiro atoms. The van der Waals surface area contributed by atoms with Gasteiger partial charge in [0, 0.05) is 5.69 Å². The smallest absolute Gasteiger partial charge is 0.339 e. The first-order valence-electron chi connectivity index (χ1n) is 4.86. The highest BCUT2D eigenvalue weighted by Crippen LogP contribution is 2.20. The molecule has 0 aromatic heterocycles. The Kier molecular flexibility index (Phi) is 4.47. The molecule has 6 heteroatoms. The van der Waals surface area contributed by atoms with E-state index < -0.39 is 11.6 Å². The van der Waals surface area contributed by atoms with Gasteiger partial charge in [-0.2, -0.15) is 0 Å². The minimum atomic E-state index is -1.63.